The number of halogens is 2. The maximum absolute atomic E-state index is 13.0. The number of hydrogen-bond donors (Lipinski definition) is 3. The van der Waals surface area contributed by atoms with Crippen molar-refractivity contribution >= 4 is 28.9 Å². The standard InChI is InChI=1S/C23H26F2N6O4/c1-34-22(33)30-21-28-16-10-27-31(11-15-3-2-13(12-32)6-17(15)35-20(24)25)18(16)19(29-21)26-9-14-7-23(8-14)4-5-23/h2-3,6,10,14,20,32H,4-5,7-9,11-12H2,1H3,(H2,26,28,29,30,33). The van der Waals surface area contributed by atoms with Crippen LogP contribution in [-0.4, -0.2) is 51.2 Å². The van der Waals surface area contributed by atoms with E-state index < -0.39 is 12.7 Å². The summed E-state index contributed by atoms with van der Waals surface area (Å²) in [5.41, 5.74) is 2.49. The van der Waals surface area contributed by atoms with E-state index >= 15 is 0 Å². The molecule has 10 nitrogen and oxygen atoms in total. The lowest BCUT2D eigenvalue weighted by molar-refractivity contribution is -0.0505. The van der Waals surface area contributed by atoms with Gasteiger partial charge in [-0.3, -0.25) is 10.00 Å². The number of aliphatic hydroxyl groups is 1. The second-order valence-corrected chi connectivity index (χ2v) is 9.18. The molecule has 0 saturated heterocycles. The Morgan fingerprint density at radius 3 is 2.80 bits per heavy atom. The number of ether oxygens (including phenoxy) is 2. The van der Waals surface area contributed by atoms with Crippen molar-refractivity contribution in [3.05, 3.63) is 35.5 Å². The Morgan fingerprint density at radius 2 is 2.11 bits per heavy atom. The van der Waals surface area contributed by atoms with Crippen LogP contribution in [0.15, 0.2) is 24.4 Å². The van der Waals surface area contributed by atoms with Gasteiger partial charge in [0.05, 0.1) is 26.5 Å². The number of hydrogen-bond acceptors (Lipinski definition) is 8. The molecule has 5 rings (SSSR count). The number of fused-ring (bicyclic) bond motifs is 1. The molecule has 2 aliphatic rings. The molecular formula is C23H26F2N6O4. The number of alkyl halides is 2. The SMILES string of the molecule is COC(=O)Nc1nc(NCC2CC3(CC3)C2)c2c(cnn2Cc2ccc(CO)cc2OC(F)F)n1. The summed E-state index contributed by atoms with van der Waals surface area (Å²) in [6.45, 7) is -2.50. The summed E-state index contributed by atoms with van der Waals surface area (Å²) in [7, 11) is 1.25. The Balaban J connectivity index is 1.45. The van der Waals surface area contributed by atoms with Gasteiger partial charge in [-0.15, -0.1) is 0 Å². The Bertz CT molecular complexity index is 1240. The van der Waals surface area contributed by atoms with Crippen LogP contribution < -0.4 is 15.4 Å². The van der Waals surface area contributed by atoms with Crippen LogP contribution in [0.1, 0.15) is 36.8 Å². The van der Waals surface area contributed by atoms with Gasteiger partial charge in [-0.05, 0) is 48.6 Å². The predicted octanol–water partition coefficient (Wildman–Crippen LogP) is 3.75. The zero-order chi connectivity index (χ0) is 24.6. The van der Waals surface area contributed by atoms with Gasteiger partial charge < -0.3 is 19.9 Å². The predicted molar refractivity (Wildman–Crippen MR) is 122 cm³/mol. The van der Waals surface area contributed by atoms with Gasteiger partial charge in [-0.25, -0.2) is 9.78 Å². The monoisotopic (exact) mass is 488 g/mol. The average Bonchev–Trinajstić information content (AvgIpc) is 3.52. The van der Waals surface area contributed by atoms with Crippen LogP contribution in [-0.2, 0) is 17.9 Å². The van der Waals surface area contributed by atoms with Crippen molar-refractivity contribution < 1.29 is 28.2 Å². The quantitative estimate of drug-likeness (QED) is 0.416. The van der Waals surface area contributed by atoms with Gasteiger partial charge >= 0.3 is 12.7 Å². The molecule has 1 amide bonds. The maximum Gasteiger partial charge on any atom is 0.413 e. The number of methoxy groups -OCH3 is 1. The number of aromatic nitrogens is 4. The summed E-state index contributed by atoms with van der Waals surface area (Å²) >= 11 is 0. The lowest BCUT2D eigenvalue weighted by Crippen LogP contribution is -2.31. The number of aliphatic hydroxyl groups excluding tert-OH is 1. The molecule has 186 valence electrons. The number of carbonyl (C=O) groups is 1. The first-order chi connectivity index (χ1) is 16.9. The molecule has 1 aromatic carbocycles. The largest absolute Gasteiger partial charge is 0.453 e. The van der Waals surface area contributed by atoms with E-state index in [9.17, 15) is 18.7 Å². The van der Waals surface area contributed by atoms with Crippen molar-refractivity contribution in [1.29, 1.82) is 0 Å². The molecule has 0 aliphatic heterocycles. The third-order valence-corrected chi connectivity index (χ3v) is 6.70. The fraction of sp³-hybridized carbons (Fsp3) is 0.478. The first kappa shape index (κ1) is 23.2. The number of rotatable bonds is 9. The molecule has 0 bridgehead atoms. The minimum absolute atomic E-state index is 0.0428. The summed E-state index contributed by atoms with van der Waals surface area (Å²) < 4.78 is 36.9. The maximum atomic E-state index is 13.0. The van der Waals surface area contributed by atoms with Gasteiger partial charge in [-0.1, -0.05) is 12.1 Å². The van der Waals surface area contributed by atoms with Gasteiger partial charge in [-0.2, -0.15) is 18.9 Å². The third-order valence-electron chi connectivity index (χ3n) is 6.70. The smallest absolute Gasteiger partial charge is 0.413 e. The molecule has 2 fully saturated rings. The van der Waals surface area contributed by atoms with Gasteiger partial charge in [0.1, 0.15) is 16.8 Å². The van der Waals surface area contributed by atoms with E-state index in [1.807, 2.05) is 0 Å². The van der Waals surface area contributed by atoms with E-state index in [2.05, 4.69) is 35.2 Å². The van der Waals surface area contributed by atoms with Gasteiger partial charge in [0, 0.05) is 12.1 Å². The molecule has 3 N–H and O–H groups in total. The van der Waals surface area contributed by atoms with Crippen LogP contribution in [0.5, 0.6) is 5.75 Å². The number of anilines is 2. The molecular weight excluding hydrogens is 462 g/mol. The lowest BCUT2D eigenvalue weighted by atomic mass is 9.72. The summed E-state index contributed by atoms with van der Waals surface area (Å²) in [5.74, 6) is 1.03. The normalized spacial score (nSPS) is 16.4. The highest BCUT2D eigenvalue weighted by molar-refractivity contribution is 5.89. The Morgan fingerprint density at radius 1 is 1.31 bits per heavy atom. The molecule has 0 radical (unpaired) electrons. The zero-order valence-electron chi connectivity index (χ0n) is 19.1. The van der Waals surface area contributed by atoms with Crippen LogP contribution in [0.4, 0.5) is 25.3 Å². The van der Waals surface area contributed by atoms with Crippen LogP contribution in [0.3, 0.4) is 0 Å². The highest BCUT2D eigenvalue weighted by Gasteiger charge is 2.52. The Kier molecular flexibility index (Phi) is 6.13. The summed E-state index contributed by atoms with van der Waals surface area (Å²) in [6, 6.07) is 4.63. The molecule has 0 atom stereocenters. The minimum Gasteiger partial charge on any atom is -0.453 e. The molecule has 0 unspecified atom stereocenters. The highest BCUT2D eigenvalue weighted by Crippen LogP contribution is 2.63. The third kappa shape index (κ3) is 4.97. The fourth-order valence-electron chi connectivity index (χ4n) is 4.77. The topological polar surface area (TPSA) is 123 Å². The Hall–Kier alpha value is -3.54. The summed E-state index contributed by atoms with van der Waals surface area (Å²) in [4.78, 5) is 20.5. The zero-order valence-corrected chi connectivity index (χ0v) is 19.1. The minimum atomic E-state index is -3.01. The molecule has 2 aliphatic carbocycles. The number of carbonyl (C=O) groups excluding carboxylic acids is 1. The van der Waals surface area contributed by atoms with Crippen molar-refractivity contribution in [3.63, 3.8) is 0 Å². The van der Waals surface area contributed by atoms with E-state index in [0.717, 1.165) is 0 Å². The second kappa shape index (κ2) is 9.25. The van der Waals surface area contributed by atoms with Crippen LogP contribution in [0.2, 0.25) is 0 Å². The number of amides is 1. The number of nitrogens with zero attached hydrogens (tertiary/aromatic N) is 4. The van der Waals surface area contributed by atoms with E-state index in [1.54, 1.807) is 16.8 Å². The fourth-order valence-corrected chi connectivity index (χ4v) is 4.77. The summed E-state index contributed by atoms with van der Waals surface area (Å²) in [6.07, 6.45) is 5.80. The summed E-state index contributed by atoms with van der Waals surface area (Å²) in [5, 5.41) is 19.6. The first-order valence-corrected chi connectivity index (χ1v) is 11.4. The van der Waals surface area contributed by atoms with E-state index in [-0.39, 0.29) is 24.8 Å². The van der Waals surface area contributed by atoms with Gasteiger partial charge in [0.2, 0.25) is 5.95 Å². The number of nitrogens with one attached hydrogen (secondary N) is 2. The van der Waals surface area contributed by atoms with Crippen LogP contribution in [0, 0.1) is 11.3 Å². The van der Waals surface area contributed by atoms with Crippen molar-refractivity contribution in [2.24, 2.45) is 11.3 Å². The molecule has 35 heavy (non-hydrogen) atoms. The number of benzene rings is 1. The van der Waals surface area contributed by atoms with Crippen molar-refractivity contribution in [1.82, 2.24) is 19.7 Å². The lowest BCUT2D eigenvalue weighted by Gasteiger charge is -2.36. The van der Waals surface area contributed by atoms with E-state index in [4.69, 9.17) is 0 Å². The first-order valence-electron chi connectivity index (χ1n) is 11.4. The van der Waals surface area contributed by atoms with Crippen molar-refractivity contribution in [2.45, 2.75) is 45.4 Å². The molecule has 12 heteroatoms. The molecule has 2 aromatic heterocycles. The Labute approximate surface area is 199 Å². The van der Waals surface area contributed by atoms with Crippen LogP contribution in [0.25, 0.3) is 11.0 Å². The molecule has 1 spiro atoms. The highest BCUT2D eigenvalue weighted by atomic mass is 19.3. The second-order valence-electron chi connectivity index (χ2n) is 9.18. The van der Waals surface area contributed by atoms with Crippen molar-refractivity contribution in [3.8, 4) is 5.75 Å². The van der Waals surface area contributed by atoms with Crippen LogP contribution >= 0.6 is 0 Å². The average molecular weight is 488 g/mol. The molecule has 2 saturated carbocycles. The van der Waals surface area contributed by atoms with E-state index in [1.165, 1.54) is 45.1 Å². The molecule has 3 aromatic rings. The van der Waals surface area contributed by atoms with Crippen molar-refractivity contribution in [2.75, 3.05) is 24.3 Å². The molecule has 2 heterocycles. The van der Waals surface area contributed by atoms with E-state index in [0.29, 0.717) is 45.9 Å². The van der Waals surface area contributed by atoms with Gasteiger partial charge in [0.15, 0.2) is 5.82 Å². The van der Waals surface area contributed by atoms with Gasteiger partial charge in [0.25, 0.3) is 0 Å².